The first-order chi connectivity index (χ1) is 13.8. The Morgan fingerprint density at radius 1 is 1.28 bits per heavy atom. The fourth-order valence-corrected chi connectivity index (χ4v) is 2.96. The number of nitrogens with zero attached hydrogens (tertiary/aromatic N) is 5. The number of esters is 1. The normalized spacial score (nSPS) is 15.3. The third kappa shape index (κ3) is 4.81. The molecule has 156 valence electrons. The van der Waals surface area contributed by atoms with Gasteiger partial charge in [0.15, 0.2) is 12.3 Å². The first kappa shape index (κ1) is 20.6. The zero-order valence-corrected chi connectivity index (χ0v) is 15.4. The van der Waals surface area contributed by atoms with E-state index >= 15 is 0 Å². The van der Waals surface area contributed by atoms with Crippen LogP contribution < -0.4 is 10.2 Å². The van der Waals surface area contributed by atoms with Crippen LogP contribution in [0.15, 0.2) is 24.8 Å². The summed E-state index contributed by atoms with van der Waals surface area (Å²) in [6.45, 7) is 4.21. The van der Waals surface area contributed by atoms with Crippen molar-refractivity contribution in [2.45, 2.75) is 19.0 Å². The molecule has 0 atom stereocenters. The molecule has 0 saturated carbocycles. The quantitative estimate of drug-likeness (QED) is 0.562. The van der Waals surface area contributed by atoms with Gasteiger partial charge in [-0.25, -0.2) is 0 Å². The van der Waals surface area contributed by atoms with Crippen molar-refractivity contribution in [1.29, 1.82) is 0 Å². The summed E-state index contributed by atoms with van der Waals surface area (Å²) >= 11 is 0. The van der Waals surface area contributed by atoms with Crippen LogP contribution in [0.1, 0.15) is 18.7 Å². The molecule has 2 aromatic rings. The standard InChI is InChI=1S/C17H19F3N6O3/c1-2-7-21-14(27)10-29-15(28)11-5-8-25(9-6-11)13-4-3-12-22-23-16(17(18,19)20)26(12)24-13/h2-4,11H,1,5-10H2,(H,21,27). The van der Waals surface area contributed by atoms with Crippen LogP contribution in [-0.4, -0.2) is 57.9 Å². The maximum Gasteiger partial charge on any atom is 0.453 e. The van der Waals surface area contributed by atoms with Crippen molar-refractivity contribution in [2.75, 3.05) is 31.1 Å². The first-order valence-electron chi connectivity index (χ1n) is 8.88. The van der Waals surface area contributed by atoms with E-state index in [1.54, 1.807) is 11.0 Å². The highest BCUT2D eigenvalue weighted by atomic mass is 19.4. The Bertz CT molecular complexity index is 905. The minimum atomic E-state index is -4.67. The summed E-state index contributed by atoms with van der Waals surface area (Å²) < 4.78 is 44.7. The van der Waals surface area contributed by atoms with Gasteiger partial charge in [-0.05, 0) is 25.0 Å². The van der Waals surface area contributed by atoms with Gasteiger partial charge in [0.05, 0.1) is 5.92 Å². The van der Waals surface area contributed by atoms with Gasteiger partial charge in [0, 0.05) is 19.6 Å². The van der Waals surface area contributed by atoms with E-state index in [1.807, 2.05) is 0 Å². The summed E-state index contributed by atoms with van der Waals surface area (Å²) in [5.74, 6) is -2.13. The highest BCUT2D eigenvalue weighted by Crippen LogP contribution is 2.28. The maximum atomic E-state index is 13.0. The van der Waals surface area contributed by atoms with E-state index in [-0.39, 0.29) is 24.7 Å². The van der Waals surface area contributed by atoms with Crippen LogP contribution in [0.2, 0.25) is 0 Å². The predicted molar refractivity (Wildman–Crippen MR) is 94.9 cm³/mol. The number of fused-ring (bicyclic) bond motifs is 1. The highest BCUT2D eigenvalue weighted by molar-refractivity contribution is 5.81. The van der Waals surface area contributed by atoms with Crippen molar-refractivity contribution in [3.8, 4) is 0 Å². The third-order valence-corrected chi connectivity index (χ3v) is 4.44. The minimum Gasteiger partial charge on any atom is -0.455 e. The summed E-state index contributed by atoms with van der Waals surface area (Å²) in [6, 6.07) is 2.97. The summed E-state index contributed by atoms with van der Waals surface area (Å²) in [6.07, 6.45) is -2.29. The number of anilines is 1. The van der Waals surface area contributed by atoms with Gasteiger partial charge in [0.1, 0.15) is 5.82 Å². The zero-order chi connectivity index (χ0) is 21.0. The highest BCUT2D eigenvalue weighted by Gasteiger charge is 2.38. The van der Waals surface area contributed by atoms with Gasteiger partial charge in [-0.2, -0.15) is 17.7 Å². The number of hydrogen-bond acceptors (Lipinski definition) is 7. The van der Waals surface area contributed by atoms with Crippen LogP contribution in [-0.2, 0) is 20.5 Å². The van der Waals surface area contributed by atoms with E-state index in [4.69, 9.17) is 4.74 Å². The van der Waals surface area contributed by atoms with Crippen molar-refractivity contribution in [3.63, 3.8) is 0 Å². The van der Waals surface area contributed by atoms with Crippen molar-refractivity contribution < 1.29 is 27.5 Å². The molecular formula is C17H19F3N6O3. The fraction of sp³-hybridized carbons (Fsp3) is 0.471. The molecule has 0 spiro atoms. The van der Waals surface area contributed by atoms with Gasteiger partial charge in [-0.1, -0.05) is 6.08 Å². The lowest BCUT2D eigenvalue weighted by Gasteiger charge is -2.31. The number of carbonyl (C=O) groups excluding carboxylic acids is 2. The SMILES string of the molecule is C=CCNC(=O)COC(=O)C1CCN(c2ccc3nnc(C(F)(F)F)n3n2)CC1. The van der Waals surface area contributed by atoms with Crippen LogP contribution in [0.5, 0.6) is 0 Å². The molecule has 12 heteroatoms. The maximum absolute atomic E-state index is 13.0. The Hall–Kier alpha value is -3.18. The number of aromatic nitrogens is 4. The van der Waals surface area contributed by atoms with Crippen LogP contribution in [0.3, 0.4) is 0 Å². The lowest BCUT2D eigenvalue weighted by molar-refractivity contribution is -0.153. The first-order valence-corrected chi connectivity index (χ1v) is 8.88. The van der Waals surface area contributed by atoms with E-state index in [1.165, 1.54) is 12.1 Å². The smallest absolute Gasteiger partial charge is 0.453 e. The van der Waals surface area contributed by atoms with Gasteiger partial charge in [-0.3, -0.25) is 9.59 Å². The van der Waals surface area contributed by atoms with Crippen molar-refractivity contribution in [3.05, 3.63) is 30.6 Å². The third-order valence-electron chi connectivity index (χ3n) is 4.44. The number of carbonyl (C=O) groups is 2. The number of hydrogen-bond donors (Lipinski definition) is 1. The summed E-state index contributed by atoms with van der Waals surface area (Å²) in [7, 11) is 0. The van der Waals surface area contributed by atoms with E-state index in [2.05, 4.69) is 27.2 Å². The second-order valence-corrected chi connectivity index (χ2v) is 6.44. The number of alkyl halides is 3. The zero-order valence-electron chi connectivity index (χ0n) is 15.4. The number of nitrogens with one attached hydrogen (secondary N) is 1. The lowest BCUT2D eigenvalue weighted by atomic mass is 9.97. The van der Waals surface area contributed by atoms with E-state index in [0.717, 1.165) is 0 Å². The van der Waals surface area contributed by atoms with Crippen LogP contribution in [0.25, 0.3) is 5.65 Å². The average Bonchev–Trinajstić information content (AvgIpc) is 3.14. The van der Waals surface area contributed by atoms with E-state index in [9.17, 15) is 22.8 Å². The second kappa shape index (κ2) is 8.45. The molecule has 0 bridgehead atoms. The molecule has 3 heterocycles. The monoisotopic (exact) mass is 412 g/mol. The number of rotatable bonds is 6. The lowest BCUT2D eigenvalue weighted by Crippen LogP contribution is -2.38. The average molecular weight is 412 g/mol. The molecule has 0 unspecified atom stereocenters. The molecule has 9 nitrogen and oxygen atoms in total. The molecule has 0 radical (unpaired) electrons. The van der Waals surface area contributed by atoms with Crippen molar-refractivity contribution >= 4 is 23.3 Å². The predicted octanol–water partition coefficient (Wildman–Crippen LogP) is 1.20. The summed E-state index contributed by atoms with van der Waals surface area (Å²) in [5, 5.41) is 13.1. The van der Waals surface area contributed by atoms with Crippen LogP contribution in [0.4, 0.5) is 19.0 Å². The molecule has 1 saturated heterocycles. The molecule has 0 aliphatic carbocycles. The molecule has 29 heavy (non-hydrogen) atoms. The molecular weight excluding hydrogens is 393 g/mol. The molecule has 1 aliphatic rings. The number of amides is 1. The minimum absolute atomic E-state index is 0.00531. The molecule has 1 N–H and O–H groups in total. The Kier molecular flexibility index (Phi) is 5.99. The Balaban J connectivity index is 1.58. The summed E-state index contributed by atoms with van der Waals surface area (Å²) in [4.78, 5) is 25.4. The Morgan fingerprint density at radius 3 is 2.66 bits per heavy atom. The van der Waals surface area contributed by atoms with Crippen molar-refractivity contribution in [1.82, 2.24) is 25.1 Å². The molecule has 1 fully saturated rings. The number of halogens is 3. The van der Waals surface area contributed by atoms with Gasteiger partial charge >= 0.3 is 12.1 Å². The van der Waals surface area contributed by atoms with E-state index in [0.29, 0.717) is 36.3 Å². The number of ether oxygens (including phenoxy) is 1. The topological polar surface area (TPSA) is 102 Å². The van der Waals surface area contributed by atoms with Crippen LogP contribution in [0, 0.1) is 5.92 Å². The largest absolute Gasteiger partial charge is 0.455 e. The molecule has 0 aromatic carbocycles. The molecule has 1 aliphatic heterocycles. The molecule has 1 amide bonds. The van der Waals surface area contributed by atoms with Crippen molar-refractivity contribution in [2.24, 2.45) is 5.92 Å². The molecule has 2 aromatic heterocycles. The van der Waals surface area contributed by atoms with Gasteiger partial charge in [0.25, 0.3) is 11.7 Å². The van der Waals surface area contributed by atoms with Gasteiger partial charge < -0.3 is 15.0 Å². The Labute approximate surface area is 163 Å². The fourth-order valence-electron chi connectivity index (χ4n) is 2.96. The Morgan fingerprint density at radius 2 is 2.00 bits per heavy atom. The van der Waals surface area contributed by atoms with Gasteiger partial charge in [0.2, 0.25) is 0 Å². The summed E-state index contributed by atoms with van der Waals surface area (Å²) in [5.41, 5.74) is -0.00531. The van der Waals surface area contributed by atoms with E-state index < -0.39 is 23.9 Å². The van der Waals surface area contributed by atoms with Gasteiger partial charge in [-0.15, -0.1) is 21.9 Å². The van der Waals surface area contributed by atoms with Crippen LogP contribution >= 0.6 is 0 Å². The molecule has 3 rings (SSSR count). The second-order valence-electron chi connectivity index (χ2n) is 6.44. The number of piperidine rings is 1.